The Labute approximate surface area is 117 Å². The molecule has 0 aliphatic heterocycles. The zero-order valence-electron chi connectivity index (χ0n) is 13.6. The minimum Gasteiger partial charge on any atom is -0.380 e. The molecule has 112 valence electrons. The van der Waals surface area contributed by atoms with E-state index in [1.807, 2.05) is 46.6 Å². The predicted octanol–water partition coefficient (Wildman–Crippen LogP) is 3.00. The number of unbranched alkanes of at least 4 members (excludes halogenated alkanes) is 1. The van der Waals surface area contributed by atoms with Gasteiger partial charge in [0.25, 0.3) is 10.9 Å². The first-order valence-corrected chi connectivity index (χ1v) is 7.41. The van der Waals surface area contributed by atoms with Crippen molar-refractivity contribution in [1.29, 1.82) is 0 Å². The standard InChI is InChI=1S/C11H18N2O2.2C2H6/c1-4-6-7-13(3)9-8(12-5-2)10(14)11(9)15;2*1-2/h12H,4-7H2,1-3H3;2*1-2H3. The van der Waals surface area contributed by atoms with E-state index in [9.17, 15) is 9.59 Å². The van der Waals surface area contributed by atoms with Crippen LogP contribution in [0, 0.1) is 0 Å². The maximum absolute atomic E-state index is 11.4. The van der Waals surface area contributed by atoms with Gasteiger partial charge in [-0.2, -0.15) is 0 Å². The molecular weight excluding hydrogens is 240 g/mol. The molecule has 0 amide bonds. The molecule has 1 N–H and O–H groups in total. The quantitative estimate of drug-likeness (QED) is 0.807. The SMILES string of the molecule is CC.CC.CCCCN(C)c1c(NCC)c(=O)c1=O. The second-order valence-corrected chi connectivity index (χ2v) is 3.69. The molecule has 0 saturated heterocycles. The Bertz CT molecular complexity index is 393. The van der Waals surface area contributed by atoms with Gasteiger partial charge in [-0.1, -0.05) is 41.0 Å². The third-order valence-corrected chi connectivity index (χ3v) is 2.47. The largest absolute Gasteiger partial charge is 0.380 e. The molecule has 4 heteroatoms. The van der Waals surface area contributed by atoms with Gasteiger partial charge < -0.3 is 10.2 Å². The van der Waals surface area contributed by atoms with Crippen molar-refractivity contribution in [3.05, 3.63) is 20.4 Å². The fourth-order valence-electron chi connectivity index (χ4n) is 1.59. The van der Waals surface area contributed by atoms with Crippen molar-refractivity contribution < 1.29 is 0 Å². The van der Waals surface area contributed by atoms with E-state index in [2.05, 4.69) is 12.2 Å². The van der Waals surface area contributed by atoms with Gasteiger partial charge in [0.15, 0.2) is 0 Å². The number of hydrogen-bond acceptors (Lipinski definition) is 4. The molecule has 4 nitrogen and oxygen atoms in total. The first-order chi connectivity index (χ1) is 9.13. The van der Waals surface area contributed by atoms with Gasteiger partial charge >= 0.3 is 0 Å². The van der Waals surface area contributed by atoms with Crippen LogP contribution in [-0.4, -0.2) is 20.1 Å². The molecule has 0 heterocycles. The van der Waals surface area contributed by atoms with E-state index in [-0.39, 0.29) is 10.9 Å². The summed E-state index contributed by atoms with van der Waals surface area (Å²) in [6, 6.07) is 0. The lowest BCUT2D eigenvalue weighted by Crippen LogP contribution is -2.41. The second kappa shape index (κ2) is 11.8. The molecule has 0 aliphatic carbocycles. The van der Waals surface area contributed by atoms with Crippen LogP contribution in [0.15, 0.2) is 9.59 Å². The third-order valence-electron chi connectivity index (χ3n) is 2.47. The van der Waals surface area contributed by atoms with E-state index in [1.54, 1.807) is 0 Å². The highest BCUT2D eigenvalue weighted by Crippen LogP contribution is 2.18. The minimum atomic E-state index is -0.379. The fourth-order valence-corrected chi connectivity index (χ4v) is 1.59. The lowest BCUT2D eigenvalue weighted by molar-refractivity contribution is 0.763. The summed E-state index contributed by atoms with van der Waals surface area (Å²) in [7, 11) is 1.85. The summed E-state index contributed by atoms with van der Waals surface area (Å²) in [5, 5.41) is 2.94. The van der Waals surface area contributed by atoms with Crippen LogP contribution >= 0.6 is 0 Å². The van der Waals surface area contributed by atoms with E-state index >= 15 is 0 Å². The fraction of sp³-hybridized carbons (Fsp3) is 0.733. The van der Waals surface area contributed by atoms with E-state index in [0.717, 1.165) is 19.4 Å². The Morgan fingerprint density at radius 1 is 1.00 bits per heavy atom. The Morgan fingerprint density at radius 2 is 1.53 bits per heavy atom. The molecule has 19 heavy (non-hydrogen) atoms. The Balaban J connectivity index is 0. The Kier molecular flexibility index (Phi) is 12.4. The molecule has 1 aromatic rings. The lowest BCUT2D eigenvalue weighted by atomic mass is 10.1. The van der Waals surface area contributed by atoms with E-state index in [1.165, 1.54) is 0 Å². The summed E-state index contributed by atoms with van der Waals surface area (Å²) < 4.78 is 0. The molecule has 1 aromatic carbocycles. The van der Waals surface area contributed by atoms with Crippen LogP contribution in [0.4, 0.5) is 11.4 Å². The number of nitrogens with one attached hydrogen (secondary N) is 1. The molecule has 0 radical (unpaired) electrons. The van der Waals surface area contributed by atoms with E-state index in [4.69, 9.17) is 0 Å². The molecule has 0 aliphatic rings. The van der Waals surface area contributed by atoms with Gasteiger partial charge in [-0.3, -0.25) is 9.59 Å². The monoisotopic (exact) mass is 270 g/mol. The summed E-state index contributed by atoms with van der Waals surface area (Å²) in [5.41, 5.74) is 0.302. The molecule has 0 bridgehead atoms. The number of nitrogens with zero attached hydrogens (tertiary/aromatic N) is 1. The normalized spacial score (nSPS) is 9.00. The van der Waals surface area contributed by atoms with Crippen LogP contribution in [-0.2, 0) is 0 Å². The van der Waals surface area contributed by atoms with Crippen molar-refractivity contribution in [2.24, 2.45) is 0 Å². The maximum atomic E-state index is 11.4. The first kappa shape index (κ1) is 20.0. The minimum absolute atomic E-state index is 0.357. The van der Waals surface area contributed by atoms with Crippen LogP contribution in [0.1, 0.15) is 54.4 Å². The van der Waals surface area contributed by atoms with Crippen molar-refractivity contribution in [2.75, 3.05) is 30.4 Å². The smallest absolute Gasteiger partial charge is 0.253 e. The Hall–Kier alpha value is -1.32. The Morgan fingerprint density at radius 3 is 1.95 bits per heavy atom. The topological polar surface area (TPSA) is 49.4 Å². The highest BCUT2D eigenvalue weighted by atomic mass is 16.2. The van der Waals surface area contributed by atoms with Gasteiger partial charge in [0, 0.05) is 20.1 Å². The van der Waals surface area contributed by atoms with E-state index < -0.39 is 0 Å². The number of anilines is 2. The van der Waals surface area contributed by atoms with Gasteiger partial charge in [-0.25, -0.2) is 0 Å². The zero-order valence-corrected chi connectivity index (χ0v) is 13.6. The van der Waals surface area contributed by atoms with Crippen LogP contribution in [0.5, 0.6) is 0 Å². The summed E-state index contributed by atoms with van der Waals surface area (Å²) in [6.07, 6.45) is 2.11. The summed E-state index contributed by atoms with van der Waals surface area (Å²) in [5.74, 6) is 0. The highest BCUT2D eigenvalue weighted by molar-refractivity contribution is 5.74. The van der Waals surface area contributed by atoms with Crippen molar-refractivity contribution in [3.63, 3.8) is 0 Å². The zero-order chi connectivity index (χ0) is 15.4. The van der Waals surface area contributed by atoms with Crippen LogP contribution in [0.25, 0.3) is 0 Å². The van der Waals surface area contributed by atoms with Crippen molar-refractivity contribution >= 4 is 11.4 Å². The first-order valence-electron chi connectivity index (χ1n) is 7.41. The molecule has 1 rings (SSSR count). The van der Waals surface area contributed by atoms with Crippen LogP contribution in [0.3, 0.4) is 0 Å². The average molecular weight is 270 g/mol. The second-order valence-electron chi connectivity index (χ2n) is 3.69. The van der Waals surface area contributed by atoms with Crippen LogP contribution in [0.2, 0.25) is 0 Å². The van der Waals surface area contributed by atoms with Crippen molar-refractivity contribution in [3.8, 4) is 0 Å². The third kappa shape index (κ3) is 5.45. The van der Waals surface area contributed by atoms with Gasteiger partial charge in [-0.05, 0) is 13.3 Å². The molecule has 0 unspecified atom stereocenters. The maximum Gasteiger partial charge on any atom is 0.253 e. The molecule has 0 aromatic heterocycles. The van der Waals surface area contributed by atoms with Gasteiger partial charge in [0.05, 0.1) is 0 Å². The van der Waals surface area contributed by atoms with E-state index in [0.29, 0.717) is 17.9 Å². The molecular formula is C15H30N2O2. The summed E-state index contributed by atoms with van der Waals surface area (Å²) in [6.45, 7) is 13.5. The average Bonchev–Trinajstić information content (AvgIpc) is 2.48. The summed E-state index contributed by atoms with van der Waals surface area (Å²) in [4.78, 5) is 24.5. The van der Waals surface area contributed by atoms with Gasteiger partial charge in [0.1, 0.15) is 11.4 Å². The predicted molar refractivity (Wildman–Crippen MR) is 86.4 cm³/mol. The molecule has 0 saturated carbocycles. The van der Waals surface area contributed by atoms with Crippen LogP contribution < -0.4 is 21.1 Å². The number of rotatable bonds is 6. The molecule has 0 atom stereocenters. The summed E-state index contributed by atoms with van der Waals surface area (Å²) >= 11 is 0. The molecule has 0 spiro atoms. The van der Waals surface area contributed by atoms with Gasteiger partial charge in [-0.15, -0.1) is 0 Å². The highest BCUT2D eigenvalue weighted by Gasteiger charge is 2.22. The van der Waals surface area contributed by atoms with Gasteiger partial charge in [0.2, 0.25) is 0 Å². The lowest BCUT2D eigenvalue weighted by Gasteiger charge is -2.22. The van der Waals surface area contributed by atoms with Crippen molar-refractivity contribution in [1.82, 2.24) is 0 Å². The molecule has 0 fully saturated rings. The number of hydrogen-bond donors (Lipinski definition) is 1. The van der Waals surface area contributed by atoms with Crippen molar-refractivity contribution in [2.45, 2.75) is 54.4 Å².